The molecule has 0 bridgehead atoms. The standard InChI is InChI=1S/C33H33FIN5O3/c1-42-24-8-10-25(11-9-24)43-26-5-2-4-21(17-26)16-23(41)19-30(36)28-20-37-40-15-13-32(38-33(28)40)39-14-3-6-31(39)27-18-22(34)7-12-29(27)35/h7-13,15-16,18,20,26,31,36H,2-6,14,17,19H2,1H3/b21-16-,36-30?/t26-,31+/m0/s1. The highest BCUT2D eigenvalue weighted by Gasteiger charge is 2.29. The number of allylic oxidation sites excluding steroid dienone is 1. The first-order valence-electron chi connectivity index (χ1n) is 14.5. The van der Waals surface area contributed by atoms with Crippen molar-refractivity contribution in [3.05, 3.63) is 93.1 Å². The van der Waals surface area contributed by atoms with Crippen LogP contribution in [0.4, 0.5) is 10.2 Å². The van der Waals surface area contributed by atoms with Gasteiger partial charge in [0.1, 0.15) is 29.2 Å². The zero-order valence-corrected chi connectivity index (χ0v) is 26.1. The predicted molar refractivity (Wildman–Crippen MR) is 172 cm³/mol. The number of hydrogen-bond donors (Lipinski definition) is 1. The summed E-state index contributed by atoms with van der Waals surface area (Å²) in [5.41, 5.74) is 3.26. The third-order valence-corrected chi connectivity index (χ3v) is 9.12. The number of nitrogens with zero attached hydrogens (tertiary/aromatic N) is 4. The molecule has 1 saturated heterocycles. The van der Waals surface area contributed by atoms with Crippen LogP contribution in [0.15, 0.2) is 72.6 Å². The first kappa shape index (κ1) is 29.3. The van der Waals surface area contributed by atoms with Gasteiger partial charge in [0.05, 0.1) is 37.0 Å². The predicted octanol–water partition coefficient (Wildman–Crippen LogP) is 7.10. The van der Waals surface area contributed by atoms with E-state index < -0.39 is 0 Å². The summed E-state index contributed by atoms with van der Waals surface area (Å²) in [5.74, 6) is 1.96. The number of halogens is 2. The van der Waals surface area contributed by atoms with Gasteiger partial charge in [0, 0.05) is 22.7 Å². The number of hydrogen-bond acceptors (Lipinski definition) is 7. The molecule has 2 fully saturated rings. The lowest BCUT2D eigenvalue weighted by molar-refractivity contribution is -0.113. The summed E-state index contributed by atoms with van der Waals surface area (Å²) in [6.07, 6.45) is 10.4. The van der Waals surface area contributed by atoms with Crippen molar-refractivity contribution in [2.24, 2.45) is 0 Å². The Bertz CT molecular complexity index is 1690. The Morgan fingerprint density at radius 2 is 1.95 bits per heavy atom. The van der Waals surface area contributed by atoms with Gasteiger partial charge in [0.2, 0.25) is 0 Å². The van der Waals surface area contributed by atoms with E-state index in [1.54, 1.807) is 30.0 Å². The van der Waals surface area contributed by atoms with Gasteiger partial charge in [-0.15, -0.1) is 0 Å². The van der Waals surface area contributed by atoms with Crippen molar-refractivity contribution in [3.8, 4) is 11.5 Å². The maximum Gasteiger partial charge on any atom is 0.166 e. The Morgan fingerprint density at radius 1 is 1.14 bits per heavy atom. The number of carbonyl (C=O) groups is 1. The SMILES string of the molecule is COc1ccc(O[C@H]2CCC/C(=C/C(=O)CC(=N)c3cnn4ccc(N5CCC[C@@H]5c5cc(F)ccc5I)nc34)C2)cc1. The van der Waals surface area contributed by atoms with Gasteiger partial charge in [-0.2, -0.15) is 5.10 Å². The summed E-state index contributed by atoms with van der Waals surface area (Å²) in [5, 5.41) is 13.2. The third-order valence-electron chi connectivity index (χ3n) is 8.14. The Kier molecular flexibility index (Phi) is 8.73. The molecule has 1 N–H and O–H groups in total. The molecule has 0 amide bonds. The van der Waals surface area contributed by atoms with Gasteiger partial charge in [0.15, 0.2) is 11.4 Å². The molecule has 0 spiro atoms. The number of ketones is 1. The van der Waals surface area contributed by atoms with Crippen molar-refractivity contribution in [2.75, 3.05) is 18.6 Å². The van der Waals surface area contributed by atoms with E-state index in [0.29, 0.717) is 17.6 Å². The van der Waals surface area contributed by atoms with Gasteiger partial charge in [-0.25, -0.2) is 13.9 Å². The molecule has 43 heavy (non-hydrogen) atoms. The van der Waals surface area contributed by atoms with Gasteiger partial charge in [0.25, 0.3) is 0 Å². The average molecular weight is 694 g/mol. The molecule has 0 radical (unpaired) electrons. The minimum absolute atomic E-state index is 0.00737. The number of carbonyl (C=O) groups excluding carboxylic acids is 1. The lowest BCUT2D eigenvalue weighted by atomic mass is 9.91. The highest BCUT2D eigenvalue weighted by molar-refractivity contribution is 14.1. The molecule has 1 aliphatic carbocycles. The molecule has 2 aromatic heterocycles. The van der Waals surface area contributed by atoms with Crippen molar-refractivity contribution >= 4 is 45.6 Å². The summed E-state index contributed by atoms with van der Waals surface area (Å²) < 4.78 is 28.1. The van der Waals surface area contributed by atoms with Gasteiger partial charge >= 0.3 is 0 Å². The quantitative estimate of drug-likeness (QED) is 0.114. The molecule has 2 aromatic carbocycles. The zero-order chi connectivity index (χ0) is 29.9. The molecule has 3 heterocycles. The maximum atomic E-state index is 14.1. The Balaban J connectivity index is 1.14. The highest BCUT2D eigenvalue weighted by atomic mass is 127. The molecule has 0 unspecified atom stereocenters. The second-order valence-corrected chi connectivity index (χ2v) is 12.2. The number of ether oxygens (including phenoxy) is 2. The maximum absolute atomic E-state index is 14.1. The van der Waals surface area contributed by atoms with Crippen LogP contribution in [-0.4, -0.2) is 45.9 Å². The van der Waals surface area contributed by atoms with E-state index in [-0.39, 0.29) is 35.9 Å². The van der Waals surface area contributed by atoms with E-state index >= 15 is 0 Å². The van der Waals surface area contributed by atoms with Gasteiger partial charge in [-0.05, 0) is 115 Å². The zero-order valence-electron chi connectivity index (χ0n) is 23.9. The number of methoxy groups -OCH3 is 1. The lowest BCUT2D eigenvalue weighted by Gasteiger charge is -2.27. The molecule has 10 heteroatoms. The van der Waals surface area contributed by atoms with Crippen LogP contribution < -0.4 is 14.4 Å². The van der Waals surface area contributed by atoms with E-state index in [1.807, 2.05) is 42.6 Å². The summed E-state index contributed by atoms with van der Waals surface area (Å²) in [6.45, 7) is 0.802. The topological polar surface area (TPSA) is 92.8 Å². The van der Waals surface area contributed by atoms with E-state index in [1.165, 1.54) is 6.07 Å². The molecule has 2 atom stereocenters. The van der Waals surface area contributed by atoms with Crippen molar-refractivity contribution in [1.29, 1.82) is 5.41 Å². The third kappa shape index (κ3) is 6.58. The normalized spacial score (nSPS) is 19.6. The van der Waals surface area contributed by atoms with Crippen LogP contribution in [0, 0.1) is 14.8 Å². The van der Waals surface area contributed by atoms with Crippen LogP contribution in [-0.2, 0) is 4.79 Å². The molecule has 222 valence electrons. The van der Waals surface area contributed by atoms with E-state index in [0.717, 1.165) is 70.7 Å². The molecule has 4 aromatic rings. The van der Waals surface area contributed by atoms with Crippen LogP contribution >= 0.6 is 22.6 Å². The van der Waals surface area contributed by atoms with Crippen LogP contribution in [0.3, 0.4) is 0 Å². The Labute approximate surface area is 263 Å². The molecule has 1 aliphatic heterocycles. The average Bonchev–Trinajstić information content (AvgIpc) is 3.66. The fourth-order valence-corrected chi connectivity index (χ4v) is 6.74. The first-order chi connectivity index (χ1) is 20.9. The summed E-state index contributed by atoms with van der Waals surface area (Å²) in [6, 6.07) is 14.4. The minimum Gasteiger partial charge on any atom is -0.497 e. The minimum atomic E-state index is -0.245. The molecule has 1 saturated carbocycles. The van der Waals surface area contributed by atoms with Crippen molar-refractivity contribution < 1.29 is 18.7 Å². The molecule has 2 aliphatic rings. The van der Waals surface area contributed by atoms with Gasteiger partial charge < -0.3 is 19.8 Å². The monoisotopic (exact) mass is 693 g/mol. The van der Waals surface area contributed by atoms with Gasteiger partial charge in [-0.3, -0.25) is 4.79 Å². The van der Waals surface area contributed by atoms with Crippen molar-refractivity contribution in [1.82, 2.24) is 14.6 Å². The first-order valence-corrected chi connectivity index (χ1v) is 15.6. The number of nitrogens with one attached hydrogen (secondary N) is 1. The second-order valence-electron chi connectivity index (χ2n) is 11.1. The Morgan fingerprint density at radius 3 is 2.77 bits per heavy atom. The van der Waals surface area contributed by atoms with E-state index in [4.69, 9.17) is 19.9 Å². The molecular weight excluding hydrogens is 660 g/mol. The fraction of sp³-hybridized carbons (Fsp3) is 0.333. The number of benzene rings is 2. The summed E-state index contributed by atoms with van der Waals surface area (Å²) in [7, 11) is 1.63. The molecule has 6 rings (SSSR count). The highest BCUT2D eigenvalue weighted by Crippen LogP contribution is 2.38. The number of aromatic nitrogens is 3. The van der Waals surface area contributed by atoms with Crippen molar-refractivity contribution in [3.63, 3.8) is 0 Å². The summed E-state index contributed by atoms with van der Waals surface area (Å²) >= 11 is 2.26. The van der Waals surface area contributed by atoms with Crippen molar-refractivity contribution in [2.45, 2.75) is 57.1 Å². The number of rotatable bonds is 9. The number of fused-ring (bicyclic) bond motifs is 1. The van der Waals surface area contributed by atoms with E-state index in [9.17, 15) is 9.18 Å². The van der Waals surface area contributed by atoms with Crippen LogP contribution in [0.25, 0.3) is 5.65 Å². The largest absolute Gasteiger partial charge is 0.497 e. The van der Waals surface area contributed by atoms with Crippen LogP contribution in [0.2, 0.25) is 0 Å². The Hall–Kier alpha value is -3.80. The molecule has 8 nitrogen and oxygen atoms in total. The van der Waals surface area contributed by atoms with Crippen LogP contribution in [0.5, 0.6) is 11.5 Å². The van der Waals surface area contributed by atoms with Gasteiger partial charge in [-0.1, -0.05) is 5.57 Å². The summed E-state index contributed by atoms with van der Waals surface area (Å²) in [4.78, 5) is 20.1. The molecular formula is C33H33FIN5O3. The fourth-order valence-electron chi connectivity index (χ4n) is 6.05. The second kappa shape index (κ2) is 12.8. The smallest absolute Gasteiger partial charge is 0.166 e. The van der Waals surface area contributed by atoms with Crippen LogP contribution in [0.1, 0.15) is 62.1 Å². The van der Waals surface area contributed by atoms with E-state index in [2.05, 4.69) is 32.6 Å². The lowest BCUT2D eigenvalue weighted by Crippen LogP contribution is -2.24. The number of anilines is 1.